The van der Waals surface area contributed by atoms with Gasteiger partial charge in [0.05, 0.1) is 20.1 Å². The molecule has 44 heavy (non-hydrogen) atoms. The fourth-order valence-corrected chi connectivity index (χ4v) is 4.50. The molecular formula is C32H44N2O10. The third-order valence-electron chi connectivity index (χ3n) is 6.85. The number of methoxy groups -OCH3 is 2. The topological polar surface area (TPSA) is 141 Å². The molecule has 242 valence electrons. The van der Waals surface area contributed by atoms with Gasteiger partial charge in [0.1, 0.15) is 35.9 Å². The van der Waals surface area contributed by atoms with E-state index in [2.05, 4.69) is 10.3 Å². The summed E-state index contributed by atoms with van der Waals surface area (Å²) in [4.78, 5) is 42.8. The van der Waals surface area contributed by atoms with Gasteiger partial charge in [-0.15, -0.1) is 0 Å². The number of nitrogens with one attached hydrogen (secondary N) is 1. The minimum Gasteiger partial charge on any atom is -0.497 e. The Morgan fingerprint density at radius 2 is 1.73 bits per heavy atom. The molecule has 2 heterocycles. The van der Waals surface area contributed by atoms with Crippen molar-refractivity contribution in [3.63, 3.8) is 0 Å². The van der Waals surface area contributed by atoms with Crippen LogP contribution in [0, 0.1) is 11.8 Å². The van der Waals surface area contributed by atoms with Crippen LogP contribution in [0.15, 0.2) is 36.5 Å². The summed E-state index contributed by atoms with van der Waals surface area (Å²) in [5.41, 5.74) is -0.135. The number of hydrogen-bond acceptors (Lipinski definition) is 11. The number of esters is 2. The van der Waals surface area contributed by atoms with Gasteiger partial charge in [-0.25, -0.2) is 9.78 Å². The van der Waals surface area contributed by atoms with Crippen molar-refractivity contribution in [2.75, 3.05) is 27.6 Å². The number of aromatic nitrogens is 1. The van der Waals surface area contributed by atoms with E-state index in [0.29, 0.717) is 30.9 Å². The summed E-state index contributed by atoms with van der Waals surface area (Å²) in [5.74, 6) is -0.337. The summed E-state index contributed by atoms with van der Waals surface area (Å²) in [6.45, 7) is 9.21. The van der Waals surface area contributed by atoms with Gasteiger partial charge >= 0.3 is 11.9 Å². The van der Waals surface area contributed by atoms with Crippen molar-refractivity contribution in [2.45, 2.75) is 78.2 Å². The van der Waals surface area contributed by atoms with Gasteiger partial charge in [0.15, 0.2) is 17.2 Å². The molecule has 0 spiro atoms. The molecule has 1 fully saturated rings. The number of benzene rings is 1. The molecule has 1 aliphatic heterocycles. The first kappa shape index (κ1) is 34.4. The summed E-state index contributed by atoms with van der Waals surface area (Å²) in [5, 5.41) is 2.74. The molecular weight excluding hydrogens is 572 g/mol. The largest absolute Gasteiger partial charge is 0.497 e. The second-order valence-corrected chi connectivity index (χ2v) is 11.2. The highest BCUT2D eigenvalue weighted by molar-refractivity contribution is 5.98. The Morgan fingerprint density at radius 1 is 1.02 bits per heavy atom. The van der Waals surface area contributed by atoms with Gasteiger partial charge in [0, 0.05) is 18.9 Å². The van der Waals surface area contributed by atoms with Crippen LogP contribution in [0.3, 0.4) is 0 Å². The number of carbonyl (C=O) groups excluding carboxylic acids is 3. The van der Waals surface area contributed by atoms with Crippen molar-refractivity contribution < 1.29 is 47.5 Å². The predicted octanol–water partition coefficient (Wildman–Crippen LogP) is 4.34. The maximum Gasteiger partial charge on any atom is 0.329 e. The molecule has 12 nitrogen and oxygen atoms in total. The summed E-state index contributed by atoms with van der Waals surface area (Å²) in [6, 6.07) is 7.78. The van der Waals surface area contributed by atoms with E-state index in [9.17, 15) is 14.4 Å². The second-order valence-electron chi connectivity index (χ2n) is 11.2. The molecule has 4 atom stereocenters. The third kappa shape index (κ3) is 9.73. The van der Waals surface area contributed by atoms with Crippen LogP contribution in [0.5, 0.6) is 23.0 Å². The standard InChI is InChI=1S/C32H44N2O10/c1-19(2)17-40-28-21(5)43-32(37)24(9-8-10-26(28)44-23-13-11-22(38-6)12-14-23)34-30(35)27-29(25(39-7)15-16-33-27)41-18-42-31(36)20(3)4/h11-16,19-21,24,26,28H,8-10,17-18H2,1-7H3,(H,34,35)/t21-,24-,26-,28-/m0/s1. The van der Waals surface area contributed by atoms with Gasteiger partial charge in [-0.2, -0.15) is 0 Å². The number of pyridine rings is 1. The highest BCUT2D eigenvalue weighted by atomic mass is 16.7. The maximum atomic E-state index is 13.4. The van der Waals surface area contributed by atoms with Gasteiger partial charge in [-0.3, -0.25) is 9.59 Å². The van der Waals surface area contributed by atoms with E-state index in [4.69, 9.17) is 33.2 Å². The predicted molar refractivity (Wildman–Crippen MR) is 160 cm³/mol. The molecule has 1 aromatic carbocycles. The molecule has 12 heteroatoms. The van der Waals surface area contributed by atoms with E-state index < -0.39 is 49.0 Å². The van der Waals surface area contributed by atoms with Crippen LogP contribution in [0.2, 0.25) is 0 Å². The number of nitrogens with zero attached hydrogens (tertiary/aromatic N) is 1. The van der Waals surface area contributed by atoms with E-state index in [1.165, 1.54) is 19.4 Å². The fourth-order valence-electron chi connectivity index (χ4n) is 4.50. The highest BCUT2D eigenvalue weighted by Gasteiger charge is 2.37. The lowest BCUT2D eigenvalue weighted by molar-refractivity contribution is -0.163. The Morgan fingerprint density at radius 3 is 2.36 bits per heavy atom. The smallest absolute Gasteiger partial charge is 0.329 e. The number of cyclic esters (lactones) is 1. The van der Waals surface area contributed by atoms with Crippen molar-refractivity contribution in [2.24, 2.45) is 11.8 Å². The zero-order valence-corrected chi connectivity index (χ0v) is 26.5. The molecule has 1 N–H and O–H groups in total. The zero-order valence-electron chi connectivity index (χ0n) is 26.5. The van der Waals surface area contributed by atoms with Crippen LogP contribution < -0.4 is 24.3 Å². The lowest BCUT2D eigenvalue weighted by Crippen LogP contribution is -2.46. The Kier molecular flexibility index (Phi) is 13.1. The first-order valence-electron chi connectivity index (χ1n) is 14.8. The van der Waals surface area contributed by atoms with Gasteiger partial charge in [-0.05, 0) is 56.4 Å². The third-order valence-corrected chi connectivity index (χ3v) is 6.85. The van der Waals surface area contributed by atoms with E-state index in [-0.39, 0.29) is 35.4 Å². The SMILES string of the molecule is COc1ccc(O[C@H]2CCC[C@H](NC(=O)c3nccc(OC)c3OCOC(=O)C(C)C)C(=O)O[C@@H](C)[C@@H]2OCC(C)C)cc1. The van der Waals surface area contributed by atoms with Crippen molar-refractivity contribution >= 4 is 17.8 Å². The van der Waals surface area contributed by atoms with Crippen LogP contribution in [0.1, 0.15) is 64.4 Å². The molecule has 0 radical (unpaired) electrons. The molecule has 1 aliphatic rings. The van der Waals surface area contributed by atoms with Crippen molar-refractivity contribution in [3.8, 4) is 23.0 Å². The normalized spacial score (nSPS) is 20.5. The van der Waals surface area contributed by atoms with Crippen LogP contribution >= 0.6 is 0 Å². The molecule has 1 saturated heterocycles. The average Bonchev–Trinajstić information content (AvgIpc) is 3.04. The lowest BCUT2D eigenvalue weighted by atomic mass is 10.0. The minimum absolute atomic E-state index is 0.0241. The summed E-state index contributed by atoms with van der Waals surface area (Å²) in [6.07, 6.45) is 1.07. The monoisotopic (exact) mass is 616 g/mol. The molecule has 0 bridgehead atoms. The molecule has 0 unspecified atom stereocenters. The van der Waals surface area contributed by atoms with Crippen LogP contribution in [0.25, 0.3) is 0 Å². The number of hydrogen-bond donors (Lipinski definition) is 1. The summed E-state index contributed by atoms with van der Waals surface area (Å²) >= 11 is 0. The molecule has 3 rings (SSSR count). The lowest BCUT2D eigenvalue weighted by Gasteiger charge is -2.32. The second kappa shape index (κ2) is 16.7. The maximum absolute atomic E-state index is 13.4. The van der Waals surface area contributed by atoms with Crippen molar-refractivity contribution in [1.29, 1.82) is 0 Å². The Labute approximate surface area is 258 Å². The quantitative estimate of drug-likeness (QED) is 0.254. The molecule has 1 aromatic heterocycles. The summed E-state index contributed by atoms with van der Waals surface area (Å²) in [7, 11) is 3.00. The van der Waals surface area contributed by atoms with Gasteiger partial charge in [0.25, 0.3) is 5.91 Å². The number of rotatable bonds is 13. The van der Waals surface area contributed by atoms with Gasteiger partial charge in [-0.1, -0.05) is 27.7 Å². The first-order valence-corrected chi connectivity index (χ1v) is 14.8. The van der Waals surface area contributed by atoms with Crippen molar-refractivity contribution in [1.82, 2.24) is 10.3 Å². The highest BCUT2D eigenvalue weighted by Crippen LogP contribution is 2.30. The Balaban J connectivity index is 1.78. The average molecular weight is 617 g/mol. The number of amides is 1. The summed E-state index contributed by atoms with van der Waals surface area (Å²) < 4.78 is 39.7. The van der Waals surface area contributed by atoms with E-state index >= 15 is 0 Å². The number of ether oxygens (including phenoxy) is 7. The zero-order chi connectivity index (χ0) is 32.2. The van der Waals surface area contributed by atoms with Crippen LogP contribution in [0.4, 0.5) is 0 Å². The molecule has 2 aromatic rings. The van der Waals surface area contributed by atoms with Crippen LogP contribution in [-0.2, 0) is 23.8 Å². The van der Waals surface area contributed by atoms with E-state index in [1.54, 1.807) is 27.9 Å². The fraction of sp³-hybridized carbons (Fsp3) is 0.562. The van der Waals surface area contributed by atoms with E-state index in [0.717, 1.165) is 0 Å². The van der Waals surface area contributed by atoms with Gasteiger partial charge in [0.2, 0.25) is 6.79 Å². The van der Waals surface area contributed by atoms with Crippen LogP contribution in [-0.4, -0.2) is 74.8 Å². The number of carbonyl (C=O) groups is 3. The molecule has 0 aliphatic carbocycles. The van der Waals surface area contributed by atoms with E-state index in [1.807, 2.05) is 38.1 Å². The minimum atomic E-state index is -0.977. The van der Waals surface area contributed by atoms with Gasteiger partial charge < -0.3 is 38.5 Å². The van der Waals surface area contributed by atoms with Crippen molar-refractivity contribution in [3.05, 3.63) is 42.2 Å². The first-order chi connectivity index (χ1) is 21.0. The Hall–Kier alpha value is -4.06. The molecule has 1 amide bonds. The Bertz CT molecular complexity index is 1230. The molecule has 0 saturated carbocycles.